The molecule has 0 heterocycles. The van der Waals surface area contributed by atoms with Gasteiger partial charge in [0.15, 0.2) is 0 Å². The van der Waals surface area contributed by atoms with Crippen molar-refractivity contribution in [2.75, 3.05) is 0 Å². The first-order valence-corrected chi connectivity index (χ1v) is 5.95. The molecule has 1 radical (unpaired) electrons. The zero-order chi connectivity index (χ0) is 11.4. The van der Waals surface area contributed by atoms with Gasteiger partial charge < -0.3 is 4.81 Å². The minimum absolute atomic E-state index is 0.514. The highest BCUT2D eigenvalue weighted by atomic mass is 32.1. The molecular weight excluding hydrogens is 201 g/mol. The van der Waals surface area contributed by atoms with Gasteiger partial charge in [-0.15, -0.1) is 0 Å². The van der Waals surface area contributed by atoms with Gasteiger partial charge in [-0.2, -0.15) is 0 Å². The molecule has 0 fully saturated rings. The first-order valence-electron chi connectivity index (χ1n) is 5.54. The molecule has 0 atom stereocenters. The maximum absolute atomic E-state index is 5.34. The molecule has 0 unspecified atom stereocenters. The molecule has 1 rings (SSSR count). The van der Waals surface area contributed by atoms with Crippen LogP contribution in [0.2, 0.25) is 0 Å². The van der Waals surface area contributed by atoms with Gasteiger partial charge in [-0.3, -0.25) is 0 Å². The molecule has 1 aliphatic carbocycles. The van der Waals surface area contributed by atoms with Crippen molar-refractivity contribution in [2.45, 2.75) is 46.2 Å². The van der Waals surface area contributed by atoms with Gasteiger partial charge in [-0.25, -0.2) is 0 Å². The summed E-state index contributed by atoms with van der Waals surface area (Å²) in [5.41, 5.74) is 1.19. The van der Waals surface area contributed by atoms with Crippen molar-refractivity contribution in [3.63, 3.8) is 0 Å². The number of thiocarbonyl (C=S) groups is 1. The summed E-state index contributed by atoms with van der Waals surface area (Å²) in [7, 11) is 2.20. The molecule has 15 heavy (non-hydrogen) atoms. The van der Waals surface area contributed by atoms with E-state index >= 15 is 0 Å². The van der Waals surface area contributed by atoms with Crippen molar-refractivity contribution >= 4 is 24.5 Å². The quantitative estimate of drug-likeness (QED) is 0.529. The van der Waals surface area contributed by atoms with Gasteiger partial charge >= 0.3 is 0 Å². The second-order valence-electron chi connectivity index (χ2n) is 4.44. The van der Waals surface area contributed by atoms with E-state index in [1.165, 1.54) is 5.47 Å². The molecule has 1 aliphatic rings. The number of nitrogens with zero attached hydrogens (tertiary/aromatic N) is 1. The van der Waals surface area contributed by atoms with Crippen LogP contribution in [0.1, 0.15) is 34.1 Å². The van der Waals surface area contributed by atoms with E-state index in [2.05, 4.69) is 58.1 Å². The van der Waals surface area contributed by atoms with E-state index in [0.29, 0.717) is 12.1 Å². The molecule has 0 saturated heterocycles. The van der Waals surface area contributed by atoms with Crippen LogP contribution in [0, 0.1) is 0 Å². The third-order valence-electron chi connectivity index (χ3n) is 2.52. The third kappa shape index (κ3) is 3.58. The van der Waals surface area contributed by atoms with Gasteiger partial charge in [-0.1, -0.05) is 63.6 Å². The highest BCUT2D eigenvalue weighted by Gasteiger charge is 2.18. The second kappa shape index (κ2) is 5.62. The van der Waals surface area contributed by atoms with Gasteiger partial charge in [0.25, 0.3) is 0 Å². The molecule has 3 heteroatoms. The van der Waals surface area contributed by atoms with Crippen LogP contribution in [0.15, 0.2) is 23.7 Å². The Morgan fingerprint density at radius 2 is 1.87 bits per heavy atom. The summed E-state index contributed by atoms with van der Waals surface area (Å²) in [5, 5.41) is 0. The topological polar surface area (TPSA) is 3.24 Å². The maximum Gasteiger partial charge on any atom is 0.249 e. The van der Waals surface area contributed by atoms with E-state index < -0.39 is 0 Å². The highest BCUT2D eigenvalue weighted by Crippen LogP contribution is 2.13. The SMILES string of the molecule is CC(C)N([B]C1=CC=CCC1=S)C(C)C. The lowest BCUT2D eigenvalue weighted by molar-refractivity contribution is 0.314. The molecule has 0 aromatic rings. The molecule has 0 aromatic heterocycles. The fraction of sp³-hybridized carbons (Fsp3) is 0.583. The van der Waals surface area contributed by atoms with Crippen molar-refractivity contribution in [1.82, 2.24) is 4.81 Å². The van der Waals surface area contributed by atoms with Crippen LogP contribution in [-0.2, 0) is 0 Å². The second-order valence-corrected chi connectivity index (χ2v) is 4.93. The summed E-state index contributed by atoms with van der Waals surface area (Å²) < 4.78 is 0. The lowest BCUT2D eigenvalue weighted by Crippen LogP contribution is -2.42. The first kappa shape index (κ1) is 12.7. The summed E-state index contributed by atoms with van der Waals surface area (Å²) in [6, 6.07) is 1.03. The molecule has 0 bridgehead atoms. The molecular formula is C12H19BNS. The number of hydrogen-bond donors (Lipinski definition) is 0. The fourth-order valence-corrected chi connectivity index (χ4v) is 1.94. The highest BCUT2D eigenvalue weighted by molar-refractivity contribution is 7.81. The maximum atomic E-state index is 5.34. The minimum atomic E-state index is 0.514. The molecule has 0 N–H and O–H groups in total. The predicted octanol–water partition coefficient (Wildman–Crippen LogP) is 2.94. The summed E-state index contributed by atoms with van der Waals surface area (Å²) in [4.78, 5) is 3.39. The molecule has 81 valence electrons. The van der Waals surface area contributed by atoms with Crippen LogP contribution >= 0.6 is 12.2 Å². The number of hydrogen-bond acceptors (Lipinski definition) is 2. The monoisotopic (exact) mass is 220 g/mol. The Bertz CT molecular complexity index is 284. The molecule has 1 nitrogen and oxygen atoms in total. The standard InChI is InChI=1S/C12H19BNS/c1-9(2)14(10(3)4)13-11-7-5-6-8-12(11)15/h5-7,9-10H,8H2,1-4H3. The van der Waals surface area contributed by atoms with E-state index in [9.17, 15) is 0 Å². The van der Waals surface area contributed by atoms with Crippen LogP contribution in [-0.4, -0.2) is 29.2 Å². The smallest absolute Gasteiger partial charge is 0.249 e. The Labute approximate surface area is 99.5 Å². The molecule has 0 aromatic carbocycles. The summed E-state index contributed by atoms with van der Waals surface area (Å²) >= 11 is 5.34. The van der Waals surface area contributed by atoms with Crippen molar-refractivity contribution in [3.05, 3.63) is 23.7 Å². The van der Waals surface area contributed by atoms with Crippen LogP contribution in [0.3, 0.4) is 0 Å². The predicted molar refractivity (Wildman–Crippen MR) is 72.3 cm³/mol. The van der Waals surface area contributed by atoms with Gasteiger partial charge in [-0.05, 0) is 12.1 Å². The van der Waals surface area contributed by atoms with Crippen molar-refractivity contribution in [2.24, 2.45) is 0 Å². The largest absolute Gasteiger partial charge is 0.338 e. The summed E-state index contributed by atoms with van der Waals surface area (Å²) in [6.45, 7) is 8.83. The van der Waals surface area contributed by atoms with Gasteiger partial charge in [0, 0.05) is 11.3 Å². The Kier molecular flexibility index (Phi) is 4.74. The molecule has 0 spiro atoms. The van der Waals surface area contributed by atoms with E-state index in [1.807, 2.05) is 0 Å². The Hall–Kier alpha value is -0.405. The normalized spacial score (nSPS) is 16.5. The molecule has 0 aliphatic heterocycles. The van der Waals surface area contributed by atoms with Crippen LogP contribution in [0.4, 0.5) is 0 Å². The number of rotatable bonds is 4. The lowest BCUT2D eigenvalue weighted by Gasteiger charge is -2.31. The lowest BCUT2D eigenvalue weighted by atomic mass is 9.73. The van der Waals surface area contributed by atoms with E-state index in [0.717, 1.165) is 11.3 Å². The first-order chi connectivity index (χ1) is 7.02. The van der Waals surface area contributed by atoms with E-state index in [1.54, 1.807) is 0 Å². The van der Waals surface area contributed by atoms with E-state index in [4.69, 9.17) is 12.2 Å². The van der Waals surface area contributed by atoms with Crippen molar-refractivity contribution in [3.8, 4) is 0 Å². The average molecular weight is 220 g/mol. The Morgan fingerprint density at radius 3 is 2.33 bits per heavy atom. The average Bonchev–Trinajstić information content (AvgIpc) is 2.15. The number of allylic oxidation sites excluding steroid dienone is 4. The van der Waals surface area contributed by atoms with Crippen molar-refractivity contribution in [1.29, 1.82) is 0 Å². The van der Waals surface area contributed by atoms with Gasteiger partial charge in [0.2, 0.25) is 7.41 Å². The van der Waals surface area contributed by atoms with Gasteiger partial charge in [0.1, 0.15) is 0 Å². The Morgan fingerprint density at radius 1 is 1.27 bits per heavy atom. The zero-order valence-corrected chi connectivity index (χ0v) is 10.8. The van der Waals surface area contributed by atoms with E-state index in [-0.39, 0.29) is 0 Å². The molecule has 0 amide bonds. The Balaban J connectivity index is 2.69. The summed E-state index contributed by atoms with van der Waals surface area (Å²) in [5.74, 6) is 0. The van der Waals surface area contributed by atoms with Crippen molar-refractivity contribution < 1.29 is 0 Å². The summed E-state index contributed by atoms with van der Waals surface area (Å²) in [6.07, 6.45) is 7.19. The molecule has 0 saturated carbocycles. The fourth-order valence-electron chi connectivity index (χ4n) is 1.73. The minimum Gasteiger partial charge on any atom is -0.338 e. The van der Waals surface area contributed by atoms with Crippen LogP contribution < -0.4 is 0 Å². The zero-order valence-electron chi connectivity index (χ0n) is 10.0. The third-order valence-corrected chi connectivity index (χ3v) is 2.92. The van der Waals surface area contributed by atoms with Crippen LogP contribution in [0.5, 0.6) is 0 Å². The van der Waals surface area contributed by atoms with Crippen LogP contribution in [0.25, 0.3) is 0 Å². The van der Waals surface area contributed by atoms with Gasteiger partial charge in [0.05, 0.1) is 0 Å².